The molecule has 0 unspecified atom stereocenters. The van der Waals surface area contributed by atoms with E-state index < -0.39 is 10.0 Å². The van der Waals surface area contributed by atoms with Crippen molar-refractivity contribution in [2.45, 2.75) is 25.3 Å². The molecule has 1 fully saturated rings. The van der Waals surface area contributed by atoms with E-state index >= 15 is 0 Å². The van der Waals surface area contributed by atoms with Crippen LogP contribution in [0.3, 0.4) is 0 Å². The van der Waals surface area contributed by atoms with Crippen molar-refractivity contribution in [2.75, 3.05) is 44.1 Å². The van der Waals surface area contributed by atoms with Crippen molar-refractivity contribution in [3.05, 3.63) is 89.5 Å². The number of aryl methyl sites for hydroxylation is 2. The lowest BCUT2D eigenvalue weighted by Gasteiger charge is -2.36. The highest BCUT2D eigenvalue weighted by molar-refractivity contribution is 7.92. The molecule has 0 saturated carbocycles. The molecular formula is C28H33N3O4S. The van der Waals surface area contributed by atoms with Gasteiger partial charge >= 0.3 is 0 Å². The molecule has 1 amide bonds. The van der Waals surface area contributed by atoms with Crippen molar-refractivity contribution < 1.29 is 17.9 Å². The minimum absolute atomic E-state index is 0.136. The fraction of sp³-hybridized carbons (Fsp3) is 0.321. The van der Waals surface area contributed by atoms with Crippen LogP contribution in [-0.4, -0.2) is 64.0 Å². The maximum Gasteiger partial charge on any atom is 0.264 e. The second kappa shape index (κ2) is 11.1. The molecule has 0 spiro atoms. The zero-order valence-electron chi connectivity index (χ0n) is 21.1. The van der Waals surface area contributed by atoms with Crippen LogP contribution in [0.2, 0.25) is 0 Å². The van der Waals surface area contributed by atoms with Crippen molar-refractivity contribution in [3.63, 3.8) is 0 Å². The van der Waals surface area contributed by atoms with Crippen LogP contribution in [0.4, 0.5) is 5.69 Å². The maximum absolute atomic E-state index is 13.8. The zero-order chi connectivity index (χ0) is 25.7. The summed E-state index contributed by atoms with van der Waals surface area (Å²) >= 11 is 0. The van der Waals surface area contributed by atoms with Gasteiger partial charge in [-0.15, -0.1) is 0 Å². The molecule has 0 atom stereocenters. The SMILES string of the molecule is COc1ccc(C)cc1N(CC(=O)N1CCN(Cc2ccccc2)CC1)S(=O)(=O)c1ccc(C)cc1. The number of nitrogens with zero attached hydrogens (tertiary/aromatic N) is 3. The molecule has 0 radical (unpaired) electrons. The monoisotopic (exact) mass is 507 g/mol. The number of hydrogen-bond acceptors (Lipinski definition) is 5. The van der Waals surface area contributed by atoms with Gasteiger partial charge < -0.3 is 9.64 Å². The molecule has 3 aromatic rings. The van der Waals surface area contributed by atoms with Crippen LogP contribution in [0.15, 0.2) is 77.7 Å². The van der Waals surface area contributed by atoms with Gasteiger partial charge in [-0.1, -0.05) is 54.1 Å². The number of methoxy groups -OCH3 is 1. The molecular weight excluding hydrogens is 474 g/mol. The topological polar surface area (TPSA) is 70.2 Å². The lowest BCUT2D eigenvalue weighted by molar-refractivity contribution is -0.131. The van der Waals surface area contributed by atoms with E-state index in [0.717, 1.165) is 30.8 Å². The molecule has 1 saturated heterocycles. The third kappa shape index (κ3) is 5.88. The highest BCUT2D eigenvalue weighted by Crippen LogP contribution is 2.33. The number of benzene rings is 3. The first-order chi connectivity index (χ1) is 17.3. The van der Waals surface area contributed by atoms with E-state index in [4.69, 9.17) is 4.74 Å². The average molecular weight is 508 g/mol. The predicted molar refractivity (Wildman–Crippen MR) is 142 cm³/mol. The van der Waals surface area contributed by atoms with E-state index in [0.29, 0.717) is 24.5 Å². The predicted octanol–water partition coefficient (Wildman–Crippen LogP) is 3.85. The number of carbonyl (C=O) groups excluding carboxylic acids is 1. The highest BCUT2D eigenvalue weighted by Gasteiger charge is 2.32. The number of ether oxygens (including phenoxy) is 1. The third-order valence-corrected chi connectivity index (χ3v) is 8.24. The number of anilines is 1. The first-order valence-electron chi connectivity index (χ1n) is 12.1. The Hall–Kier alpha value is -3.36. The summed E-state index contributed by atoms with van der Waals surface area (Å²) in [5, 5.41) is 0. The van der Waals surface area contributed by atoms with Crippen LogP contribution in [0.1, 0.15) is 16.7 Å². The third-order valence-electron chi connectivity index (χ3n) is 6.46. The fourth-order valence-corrected chi connectivity index (χ4v) is 5.77. The molecule has 0 aromatic heterocycles. The van der Waals surface area contributed by atoms with Gasteiger partial charge in [0.05, 0.1) is 17.7 Å². The summed E-state index contributed by atoms with van der Waals surface area (Å²) in [5.74, 6) is 0.172. The summed E-state index contributed by atoms with van der Waals surface area (Å²) in [4.78, 5) is 17.6. The first kappa shape index (κ1) is 25.7. The quantitative estimate of drug-likeness (QED) is 0.463. The van der Waals surface area contributed by atoms with Gasteiger partial charge in [0.2, 0.25) is 5.91 Å². The van der Waals surface area contributed by atoms with E-state index in [1.807, 2.05) is 38.1 Å². The number of sulfonamides is 1. The molecule has 1 heterocycles. The Morgan fingerprint density at radius 2 is 1.53 bits per heavy atom. The largest absolute Gasteiger partial charge is 0.495 e. The lowest BCUT2D eigenvalue weighted by atomic mass is 10.2. The summed E-state index contributed by atoms with van der Waals surface area (Å²) < 4.78 is 34.3. The van der Waals surface area contributed by atoms with E-state index in [2.05, 4.69) is 17.0 Å². The fourth-order valence-electron chi connectivity index (χ4n) is 4.35. The smallest absolute Gasteiger partial charge is 0.264 e. The molecule has 0 aliphatic carbocycles. The van der Waals surface area contributed by atoms with Crippen molar-refractivity contribution in [3.8, 4) is 5.75 Å². The van der Waals surface area contributed by atoms with Crippen molar-refractivity contribution in [2.24, 2.45) is 0 Å². The number of carbonyl (C=O) groups is 1. The molecule has 4 rings (SSSR count). The molecule has 0 N–H and O–H groups in total. The minimum Gasteiger partial charge on any atom is -0.495 e. The summed E-state index contributed by atoms with van der Waals surface area (Å²) in [6, 6.07) is 22.2. The van der Waals surface area contributed by atoms with E-state index in [9.17, 15) is 13.2 Å². The Labute approximate surface area is 214 Å². The van der Waals surface area contributed by atoms with Crippen molar-refractivity contribution in [1.29, 1.82) is 0 Å². The van der Waals surface area contributed by atoms with Gasteiger partial charge in [0.15, 0.2) is 0 Å². The molecule has 190 valence electrons. The zero-order valence-corrected chi connectivity index (χ0v) is 21.9. The van der Waals surface area contributed by atoms with Crippen molar-refractivity contribution in [1.82, 2.24) is 9.80 Å². The van der Waals surface area contributed by atoms with Gasteiger partial charge in [-0.3, -0.25) is 14.0 Å². The van der Waals surface area contributed by atoms with E-state index in [-0.39, 0.29) is 17.3 Å². The Kier molecular flexibility index (Phi) is 7.96. The summed E-state index contributed by atoms with van der Waals surface area (Å²) in [6.45, 7) is 6.89. The highest BCUT2D eigenvalue weighted by atomic mass is 32.2. The molecule has 1 aliphatic rings. The molecule has 3 aromatic carbocycles. The van der Waals surface area contributed by atoms with Gasteiger partial charge in [-0.25, -0.2) is 8.42 Å². The Bertz CT molecular complexity index is 1290. The van der Waals surface area contributed by atoms with Gasteiger partial charge in [-0.2, -0.15) is 0 Å². The minimum atomic E-state index is -4.01. The second-order valence-corrected chi connectivity index (χ2v) is 11.0. The Morgan fingerprint density at radius 1 is 0.889 bits per heavy atom. The molecule has 8 heteroatoms. The van der Waals surface area contributed by atoms with E-state index in [1.54, 1.807) is 41.3 Å². The molecule has 7 nitrogen and oxygen atoms in total. The van der Waals surface area contributed by atoms with E-state index in [1.165, 1.54) is 17.0 Å². The van der Waals surface area contributed by atoms with Crippen LogP contribution in [-0.2, 0) is 21.4 Å². The second-order valence-electron chi connectivity index (χ2n) is 9.14. The van der Waals surface area contributed by atoms with Crippen LogP contribution in [0.5, 0.6) is 5.75 Å². The average Bonchev–Trinajstić information content (AvgIpc) is 2.88. The first-order valence-corrected chi connectivity index (χ1v) is 13.5. The van der Waals surface area contributed by atoms with Gasteiger partial charge in [0, 0.05) is 32.7 Å². The number of hydrogen-bond donors (Lipinski definition) is 0. The normalized spacial score (nSPS) is 14.5. The lowest BCUT2D eigenvalue weighted by Crippen LogP contribution is -2.51. The summed E-state index contributed by atoms with van der Waals surface area (Å²) in [5.41, 5.74) is 3.42. The Morgan fingerprint density at radius 3 is 2.17 bits per heavy atom. The van der Waals surface area contributed by atoms with Crippen LogP contribution in [0.25, 0.3) is 0 Å². The van der Waals surface area contributed by atoms with Crippen molar-refractivity contribution >= 4 is 21.6 Å². The molecule has 1 aliphatic heterocycles. The summed E-state index contributed by atoms with van der Waals surface area (Å²) in [7, 11) is -2.51. The van der Waals surface area contributed by atoms with Crippen LogP contribution >= 0.6 is 0 Å². The molecule has 0 bridgehead atoms. The number of amides is 1. The van der Waals surface area contributed by atoms with Gasteiger partial charge in [-0.05, 0) is 49.2 Å². The van der Waals surface area contributed by atoms with Gasteiger partial charge in [0.25, 0.3) is 10.0 Å². The Balaban J connectivity index is 1.55. The standard InChI is InChI=1S/C28H33N3O4S/c1-22-9-12-25(13-10-22)36(33,34)31(26-19-23(2)11-14-27(26)35-3)21-28(32)30-17-15-29(16-18-30)20-24-7-5-4-6-8-24/h4-14,19H,15-18,20-21H2,1-3H3. The number of piperazine rings is 1. The van der Waals surface area contributed by atoms with Gasteiger partial charge in [0.1, 0.15) is 12.3 Å². The molecule has 36 heavy (non-hydrogen) atoms. The van der Waals surface area contributed by atoms with Crippen LogP contribution in [0, 0.1) is 13.8 Å². The maximum atomic E-state index is 13.8. The number of rotatable bonds is 8. The summed E-state index contributed by atoms with van der Waals surface area (Å²) in [6.07, 6.45) is 0. The van der Waals surface area contributed by atoms with Crippen LogP contribution < -0.4 is 9.04 Å².